The molecule has 0 unspecified atom stereocenters. The number of amides is 1. The van der Waals surface area contributed by atoms with Crippen molar-refractivity contribution in [1.29, 1.82) is 0 Å². The standard InChI is InChI=1S/C21H22ClNO4/c1-26-19-5-3-2-4-17(19)14-27-21(25)16-10-12-23(13-11-16)20(24)15-6-8-18(22)9-7-15/h2-9,16H,10-14H2,1H3. The molecule has 2 aromatic rings. The fourth-order valence-corrected chi connectivity index (χ4v) is 3.31. The van der Waals surface area contributed by atoms with Crippen LogP contribution in [0.5, 0.6) is 5.75 Å². The summed E-state index contributed by atoms with van der Waals surface area (Å²) in [4.78, 5) is 26.7. The molecule has 6 heteroatoms. The van der Waals surface area contributed by atoms with Crippen LogP contribution in [0.1, 0.15) is 28.8 Å². The third kappa shape index (κ3) is 4.80. The van der Waals surface area contributed by atoms with Gasteiger partial charge in [-0.3, -0.25) is 9.59 Å². The first-order valence-corrected chi connectivity index (χ1v) is 9.29. The van der Waals surface area contributed by atoms with E-state index in [4.69, 9.17) is 21.1 Å². The number of hydrogen-bond acceptors (Lipinski definition) is 4. The zero-order valence-electron chi connectivity index (χ0n) is 15.2. The third-order valence-electron chi connectivity index (χ3n) is 4.77. The summed E-state index contributed by atoms with van der Waals surface area (Å²) in [5.41, 5.74) is 1.44. The van der Waals surface area contributed by atoms with Crippen LogP contribution in [0.3, 0.4) is 0 Å². The smallest absolute Gasteiger partial charge is 0.309 e. The van der Waals surface area contributed by atoms with E-state index in [9.17, 15) is 9.59 Å². The van der Waals surface area contributed by atoms with E-state index < -0.39 is 0 Å². The molecule has 0 spiro atoms. The lowest BCUT2D eigenvalue weighted by Crippen LogP contribution is -2.40. The van der Waals surface area contributed by atoms with Crippen molar-refractivity contribution in [3.05, 3.63) is 64.7 Å². The lowest BCUT2D eigenvalue weighted by molar-refractivity contribution is -0.151. The lowest BCUT2D eigenvalue weighted by Gasteiger charge is -2.31. The van der Waals surface area contributed by atoms with Gasteiger partial charge in [0.05, 0.1) is 13.0 Å². The molecule has 5 nitrogen and oxygen atoms in total. The molecule has 0 atom stereocenters. The molecule has 1 aliphatic heterocycles. The molecule has 0 saturated carbocycles. The number of ether oxygens (including phenoxy) is 2. The minimum Gasteiger partial charge on any atom is -0.496 e. The van der Waals surface area contributed by atoms with E-state index in [2.05, 4.69) is 0 Å². The molecule has 0 N–H and O–H groups in total. The van der Waals surface area contributed by atoms with Crippen LogP contribution in [0.4, 0.5) is 0 Å². The second kappa shape index (κ2) is 8.91. The molecule has 3 rings (SSSR count). The van der Waals surface area contributed by atoms with Crippen molar-refractivity contribution in [3.63, 3.8) is 0 Å². The summed E-state index contributed by atoms with van der Waals surface area (Å²) in [6.45, 7) is 1.26. The minimum absolute atomic E-state index is 0.0347. The highest BCUT2D eigenvalue weighted by molar-refractivity contribution is 6.30. The van der Waals surface area contributed by atoms with E-state index in [1.54, 1.807) is 36.3 Å². The molecule has 1 saturated heterocycles. The van der Waals surface area contributed by atoms with Gasteiger partial charge in [0.15, 0.2) is 0 Å². The van der Waals surface area contributed by atoms with Gasteiger partial charge in [-0.2, -0.15) is 0 Å². The Morgan fingerprint density at radius 3 is 2.41 bits per heavy atom. The predicted molar refractivity (Wildman–Crippen MR) is 103 cm³/mol. The highest BCUT2D eigenvalue weighted by atomic mass is 35.5. The molecule has 0 aliphatic carbocycles. The van der Waals surface area contributed by atoms with Crippen molar-refractivity contribution in [1.82, 2.24) is 4.90 Å². The van der Waals surface area contributed by atoms with Gasteiger partial charge in [-0.1, -0.05) is 29.8 Å². The van der Waals surface area contributed by atoms with Gasteiger partial charge in [0.1, 0.15) is 12.4 Å². The number of piperidine rings is 1. The Labute approximate surface area is 163 Å². The zero-order chi connectivity index (χ0) is 19.2. The molecule has 1 aliphatic rings. The summed E-state index contributed by atoms with van der Waals surface area (Å²) in [7, 11) is 1.59. The molecule has 142 valence electrons. The summed E-state index contributed by atoms with van der Waals surface area (Å²) in [6, 6.07) is 14.3. The van der Waals surface area contributed by atoms with Crippen LogP contribution in [-0.4, -0.2) is 37.0 Å². The molecule has 0 radical (unpaired) electrons. The van der Waals surface area contributed by atoms with Crippen molar-refractivity contribution in [3.8, 4) is 5.75 Å². The first-order chi connectivity index (χ1) is 13.1. The number of esters is 1. The second-order valence-corrected chi connectivity index (χ2v) is 6.93. The summed E-state index contributed by atoms with van der Waals surface area (Å²) < 4.78 is 10.7. The number of likely N-dealkylation sites (tertiary alicyclic amines) is 1. The number of benzene rings is 2. The number of para-hydroxylation sites is 1. The maximum atomic E-state index is 12.5. The van der Waals surface area contributed by atoms with Crippen LogP contribution in [0, 0.1) is 5.92 Å². The first-order valence-electron chi connectivity index (χ1n) is 8.92. The molecule has 2 aromatic carbocycles. The number of methoxy groups -OCH3 is 1. The second-order valence-electron chi connectivity index (χ2n) is 6.49. The largest absolute Gasteiger partial charge is 0.496 e. The fourth-order valence-electron chi connectivity index (χ4n) is 3.18. The molecular weight excluding hydrogens is 366 g/mol. The lowest BCUT2D eigenvalue weighted by atomic mass is 9.96. The van der Waals surface area contributed by atoms with E-state index in [0.717, 1.165) is 5.56 Å². The summed E-state index contributed by atoms with van der Waals surface area (Å²) in [5, 5.41) is 0.600. The molecule has 1 heterocycles. The van der Waals surface area contributed by atoms with Crippen LogP contribution in [0.25, 0.3) is 0 Å². The van der Waals surface area contributed by atoms with Gasteiger partial charge < -0.3 is 14.4 Å². The zero-order valence-corrected chi connectivity index (χ0v) is 15.9. The average molecular weight is 388 g/mol. The Hall–Kier alpha value is -2.53. The number of carbonyl (C=O) groups excluding carboxylic acids is 2. The van der Waals surface area contributed by atoms with Gasteiger partial charge in [-0.05, 0) is 43.2 Å². The van der Waals surface area contributed by atoms with Crippen molar-refractivity contribution in [2.75, 3.05) is 20.2 Å². The fraction of sp³-hybridized carbons (Fsp3) is 0.333. The van der Waals surface area contributed by atoms with E-state index in [1.165, 1.54) is 0 Å². The molecule has 1 amide bonds. The van der Waals surface area contributed by atoms with Crippen LogP contribution < -0.4 is 4.74 Å². The highest BCUT2D eigenvalue weighted by Crippen LogP contribution is 2.23. The molecule has 27 heavy (non-hydrogen) atoms. The van der Waals surface area contributed by atoms with Gasteiger partial charge in [-0.15, -0.1) is 0 Å². The van der Waals surface area contributed by atoms with Gasteiger partial charge in [0.2, 0.25) is 0 Å². The first kappa shape index (κ1) is 19.2. The van der Waals surface area contributed by atoms with Crippen molar-refractivity contribution in [2.45, 2.75) is 19.4 Å². The number of halogens is 1. The summed E-state index contributed by atoms with van der Waals surface area (Å²) in [6.07, 6.45) is 1.20. The SMILES string of the molecule is COc1ccccc1COC(=O)C1CCN(C(=O)c2ccc(Cl)cc2)CC1. The topological polar surface area (TPSA) is 55.8 Å². The molecule has 0 bridgehead atoms. The van der Waals surface area contributed by atoms with E-state index in [-0.39, 0.29) is 24.4 Å². The number of carbonyl (C=O) groups is 2. The Bertz CT molecular complexity index is 798. The Morgan fingerprint density at radius 1 is 1.07 bits per heavy atom. The normalized spacial score (nSPS) is 14.7. The number of nitrogens with zero attached hydrogens (tertiary/aromatic N) is 1. The van der Waals surface area contributed by atoms with Crippen molar-refractivity contribution in [2.24, 2.45) is 5.92 Å². The van der Waals surface area contributed by atoms with Gasteiger partial charge in [0, 0.05) is 29.2 Å². The monoisotopic (exact) mass is 387 g/mol. The highest BCUT2D eigenvalue weighted by Gasteiger charge is 2.29. The average Bonchev–Trinajstić information content (AvgIpc) is 2.72. The summed E-state index contributed by atoms with van der Waals surface area (Å²) in [5.74, 6) is 0.259. The van der Waals surface area contributed by atoms with Crippen LogP contribution in [-0.2, 0) is 16.1 Å². The van der Waals surface area contributed by atoms with E-state index in [1.807, 2.05) is 24.3 Å². The van der Waals surface area contributed by atoms with Crippen molar-refractivity contribution < 1.29 is 19.1 Å². The number of rotatable bonds is 5. The van der Waals surface area contributed by atoms with Gasteiger partial charge >= 0.3 is 5.97 Å². The van der Waals surface area contributed by atoms with Crippen molar-refractivity contribution >= 4 is 23.5 Å². The summed E-state index contributed by atoms with van der Waals surface area (Å²) >= 11 is 5.86. The Balaban J connectivity index is 1.50. The van der Waals surface area contributed by atoms with Crippen LogP contribution in [0.2, 0.25) is 5.02 Å². The maximum Gasteiger partial charge on any atom is 0.309 e. The van der Waals surface area contributed by atoms with E-state index >= 15 is 0 Å². The third-order valence-corrected chi connectivity index (χ3v) is 5.02. The van der Waals surface area contributed by atoms with Gasteiger partial charge in [0.25, 0.3) is 5.91 Å². The Kier molecular flexibility index (Phi) is 6.35. The predicted octanol–water partition coefficient (Wildman–Crippen LogP) is 3.94. The molecule has 0 aromatic heterocycles. The van der Waals surface area contributed by atoms with Crippen LogP contribution >= 0.6 is 11.6 Å². The van der Waals surface area contributed by atoms with Gasteiger partial charge in [-0.25, -0.2) is 0 Å². The Morgan fingerprint density at radius 2 is 1.74 bits per heavy atom. The maximum absolute atomic E-state index is 12.5. The van der Waals surface area contributed by atoms with Crippen LogP contribution in [0.15, 0.2) is 48.5 Å². The van der Waals surface area contributed by atoms with E-state index in [0.29, 0.717) is 42.3 Å². The quantitative estimate of drug-likeness (QED) is 0.729. The number of hydrogen-bond donors (Lipinski definition) is 0. The minimum atomic E-state index is -0.223. The molecular formula is C21H22ClNO4. The molecule has 1 fully saturated rings.